The number of rotatable bonds is 2. The van der Waals surface area contributed by atoms with E-state index in [1.807, 2.05) is 0 Å². The minimum absolute atomic E-state index is 0.0763. The Morgan fingerprint density at radius 1 is 1.45 bits per heavy atom. The van der Waals surface area contributed by atoms with Crippen LogP contribution in [0.2, 0.25) is 0 Å². The lowest BCUT2D eigenvalue weighted by Gasteiger charge is -2.17. The van der Waals surface area contributed by atoms with E-state index >= 15 is 0 Å². The quantitative estimate of drug-likeness (QED) is 0.853. The van der Waals surface area contributed by atoms with E-state index in [0.29, 0.717) is 11.5 Å². The molecule has 2 aromatic rings. The second-order valence-electron chi connectivity index (χ2n) is 5.53. The number of hydrogen-bond donors (Lipinski definition) is 0. The number of halogens is 1. The van der Waals surface area contributed by atoms with Crippen LogP contribution < -0.4 is 5.56 Å². The van der Waals surface area contributed by atoms with Gasteiger partial charge in [0.1, 0.15) is 5.82 Å². The molecule has 6 heteroatoms. The van der Waals surface area contributed by atoms with E-state index in [9.17, 15) is 14.4 Å². The minimum Gasteiger partial charge on any atom is -0.300 e. The fourth-order valence-electron chi connectivity index (χ4n) is 3.03. The largest absolute Gasteiger partial charge is 0.300 e. The Balaban J connectivity index is 2.15. The minimum atomic E-state index is -0.516. The van der Waals surface area contributed by atoms with E-state index < -0.39 is 5.82 Å². The van der Waals surface area contributed by atoms with Crippen LogP contribution in [-0.2, 0) is 7.05 Å². The maximum atomic E-state index is 13.9. The molecule has 0 saturated heterocycles. The van der Waals surface area contributed by atoms with Crippen molar-refractivity contribution >= 4 is 0 Å². The van der Waals surface area contributed by atoms with Crippen LogP contribution in [0.4, 0.5) is 4.39 Å². The molecule has 1 aliphatic carbocycles. The van der Waals surface area contributed by atoms with Crippen molar-refractivity contribution in [2.45, 2.75) is 25.2 Å². The molecule has 2 unspecified atom stereocenters. The van der Waals surface area contributed by atoms with E-state index in [4.69, 9.17) is 0 Å². The van der Waals surface area contributed by atoms with Gasteiger partial charge in [-0.3, -0.25) is 14.3 Å². The highest BCUT2D eigenvalue weighted by molar-refractivity contribution is 5.58. The van der Waals surface area contributed by atoms with Crippen molar-refractivity contribution < 1.29 is 4.39 Å². The predicted molar refractivity (Wildman–Crippen MR) is 78.4 cm³/mol. The molecule has 0 radical (unpaired) electrons. The molecule has 0 spiro atoms. The Hall–Kier alpha value is -2.55. The predicted octanol–water partition coefficient (Wildman–Crippen LogP) is 2.39. The number of pyridine rings is 1. The lowest BCUT2D eigenvalue weighted by Crippen LogP contribution is -2.25. The molecule has 1 saturated carbocycles. The van der Waals surface area contributed by atoms with Gasteiger partial charge in [0.05, 0.1) is 23.9 Å². The molecule has 2 aromatic heterocycles. The molecule has 0 aliphatic heterocycles. The maximum absolute atomic E-state index is 13.9. The average Bonchev–Trinajstić information content (AvgIpc) is 2.99. The fourth-order valence-corrected chi connectivity index (χ4v) is 3.03. The van der Waals surface area contributed by atoms with Crippen LogP contribution in [0.3, 0.4) is 0 Å². The molecular formula is C16H15FN4O. The van der Waals surface area contributed by atoms with E-state index in [-0.39, 0.29) is 23.0 Å². The summed E-state index contributed by atoms with van der Waals surface area (Å²) < 4.78 is 15.4. The van der Waals surface area contributed by atoms with Crippen LogP contribution in [0.15, 0.2) is 29.3 Å². The Kier molecular flexibility index (Phi) is 3.72. The summed E-state index contributed by atoms with van der Waals surface area (Å²) in [6, 6.07) is 5.11. The van der Waals surface area contributed by atoms with Crippen LogP contribution in [0.5, 0.6) is 0 Å². The van der Waals surface area contributed by atoms with E-state index in [1.54, 1.807) is 7.05 Å². The van der Waals surface area contributed by atoms with Crippen molar-refractivity contribution in [3.63, 3.8) is 0 Å². The molecule has 2 atom stereocenters. The first kappa shape index (κ1) is 14.4. The van der Waals surface area contributed by atoms with E-state index in [0.717, 1.165) is 25.5 Å². The van der Waals surface area contributed by atoms with Crippen LogP contribution in [0.1, 0.15) is 31.0 Å². The summed E-state index contributed by atoms with van der Waals surface area (Å²) >= 11 is 0. The highest BCUT2D eigenvalue weighted by atomic mass is 19.1. The Morgan fingerprint density at radius 2 is 2.27 bits per heavy atom. The van der Waals surface area contributed by atoms with E-state index in [1.165, 1.54) is 22.9 Å². The molecule has 5 nitrogen and oxygen atoms in total. The van der Waals surface area contributed by atoms with Crippen molar-refractivity contribution in [3.05, 3.63) is 46.5 Å². The van der Waals surface area contributed by atoms with Gasteiger partial charge in [-0.2, -0.15) is 5.26 Å². The van der Waals surface area contributed by atoms with Gasteiger partial charge in [-0.1, -0.05) is 6.42 Å². The van der Waals surface area contributed by atoms with E-state index in [2.05, 4.69) is 16.0 Å². The second-order valence-corrected chi connectivity index (χ2v) is 5.53. The average molecular weight is 298 g/mol. The van der Waals surface area contributed by atoms with Gasteiger partial charge in [-0.05, 0) is 18.9 Å². The third kappa shape index (κ3) is 2.39. The summed E-state index contributed by atoms with van der Waals surface area (Å²) in [5, 5.41) is 9.25. The van der Waals surface area contributed by atoms with Crippen LogP contribution in [-0.4, -0.2) is 14.5 Å². The molecule has 0 amide bonds. The topological polar surface area (TPSA) is 71.6 Å². The zero-order valence-electron chi connectivity index (χ0n) is 12.2. The summed E-state index contributed by atoms with van der Waals surface area (Å²) in [5.41, 5.74) is 0.293. The highest BCUT2D eigenvalue weighted by Gasteiger charge is 2.32. The fraction of sp³-hybridized carbons (Fsp3) is 0.375. The second kappa shape index (κ2) is 5.68. The van der Waals surface area contributed by atoms with Gasteiger partial charge in [0.2, 0.25) is 0 Å². The lowest BCUT2D eigenvalue weighted by atomic mass is 9.96. The molecule has 0 bridgehead atoms. The standard InChI is InChI=1S/C16H15FN4O/c1-21-15(22)7-14(12-5-6-19-9-13(12)17)20-16(21)11-4-2-3-10(11)8-18/h5-7,9-11H,2-4H2,1H3. The molecule has 0 N–H and O–H groups in total. The first-order valence-electron chi connectivity index (χ1n) is 7.19. The van der Waals surface area contributed by atoms with Crippen molar-refractivity contribution in [3.8, 4) is 17.3 Å². The summed E-state index contributed by atoms with van der Waals surface area (Å²) in [6.07, 6.45) is 5.13. The molecule has 3 rings (SSSR count). The monoisotopic (exact) mass is 298 g/mol. The van der Waals surface area contributed by atoms with Gasteiger partial charge in [0.25, 0.3) is 5.56 Å². The van der Waals surface area contributed by atoms with Crippen LogP contribution in [0, 0.1) is 23.1 Å². The molecule has 0 aromatic carbocycles. The van der Waals surface area contributed by atoms with Gasteiger partial charge in [0.15, 0.2) is 5.82 Å². The smallest absolute Gasteiger partial charge is 0.253 e. The normalized spacial score (nSPS) is 20.8. The van der Waals surface area contributed by atoms with Crippen molar-refractivity contribution in [1.29, 1.82) is 5.26 Å². The van der Waals surface area contributed by atoms with Crippen molar-refractivity contribution in [1.82, 2.24) is 14.5 Å². The Labute approximate surface area is 127 Å². The summed E-state index contributed by atoms with van der Waals surface area (Å²) in [5.74, 6) is -0.177. The van der Waals surface area contributed by atoms with Gasteiger partial charge in [-0.25, -0.2) is 9.37 Å². The zero-order chi connectivity index (χ0) is 15.7. The number of nitrogens with zero attached hydrogens (tertiary/aromatic N) is 4. The van der Waals surface area contributed by atoms with Gasteiger partial charge >= 0.3 is 0 Å². The Bertz CT molecular complexity index is 809. The van der Waals surface area contributed by atoms with Crippen LogP contribution >= 0.6 is 0 Å². The van der Waals surface area contributed by atoms with Crippen molar-refractivity contribution in [2.24, 2.45) is 13.0 Å². The Morgan fingerprint density at radius 3 is 3.00 bits per heavy atom. The molecule has 1 aliphatic rings. The lowest BCUT2D eigenvalue weighted by molar-refractivity contribution is 0.535. The van der Waals surface area contributed by atoms with Gasteiger partial charge < -0.3 is 0 Å². The van der Waals surface area contributed by atoms with Gasteiger partial charge in [-0.15, -0.1) is 0 Å². The first-order chi connectivity index (χ1) is 10.6. The number of hydrogen-bond acceptors (Lipinski definition) is 4. The SMILES string of the molecule is Cn1c(C2CCCC2C#N)nc(-c2ccncc2F)cc1=O. The summed E-state index contributed by atoms with van der Waals surface area (Å²) in [7, 11) is 1.64. The van der Waals surface area contributed by atoms with Gasteiger partial charge in [0, 0.05) is 30.8 Å². The van der Waals surface area contributed by atoms with Crippen molar-refractivity contribution in [2.75, 3.05) is 0 Å². The third-order valence-corrected chi connectivity index (χ3v) is 4.23. The molecule has 22 heavy (non-hydrogen) atoms. The molecular weight excluding hydrogens is 283 g/mol. The van der Waals surface area contributed by atoms with Crippen LogP contribution in [0.25, 0.3) is 11.3 Å². The zero-order valence-corrected chi connectivity index (χ0v) is 12.2. The highest BCUT2D eigenvalue weighted by Crippen LogP contribution is 2.38. The first-order valence-corrected chi connectivity index (χ1v) is 7.19. The summed E-state index contributed by atoms with van der Waals surface area (Å²) in [6.45, 7) is 0. The number of aromatic nitrogens is 3. The molecule has 112 valence electrons. The molecule has 2 heterocycles. The molecule has 1 fully saturated rings. The maximum Gasteiger partial charge on any atom is 0.253 e. The third-order valence-electron chi connectivity index (χ3n) is 4.23. The summed E-state index contributed by atoms with van der Waals surface area (Å²) in [4.78, 5) is 20.4. The number of nitriles is 1.